The van der Waals surface area contributed by atoms with Crippen molar-refractivity contribution < 1.29 is 9.53 Å². The molecule has 7 heteroatoms. The molecule has 1 heterocycles. The van der Waals surface area contributed by atoms with E-state index in [1.54, 1.807) is 0 Å². The Hall–Kier alpha value is -2.93. The van der Waals surface area contributed by atoms with E-state index in [4.69, 9.17) is 4.74 Å². The summed E-state index contributed by atoms with van der Waals surface area (Å²) in [5.74, 6) is 1.39. The van der Waals surface area contributed by atoms with Crippen molar-refractivity contribution in [1.82, 2.24) is 14.8 Å². The van der Waals surface area contributed by atoms with Crippen LogP contribution in [0, 0.1) is 13.8 Å². The second kappa shape index (κ2) is 9.14. The van der Waals surface area contributed by atoms with Crippen molar-refractivity contribution in [2.75, 3.05) is 12.0 Å². The molecular weight excluding hydrogens is 360 g/mol. The zero-order valence-electron chi connectivity index (χ0n) is 15.4. The topological polar surface area (TPSA) is 76.1 Å². The maximum absolute atomic E-state index is 11.9. The summed E-state index contributed by atoms with van der Waals surface area (Å²) in [5, 5.41) is 0.550. The Kier molecular flexibility index (Phi) is 6.38. The third-order valence-electron chi connectivity index (χ3n) is 3.90. The molecule has 2 N–H and O–H groups in total. The first-order valence-electron chi connectivity index (χ1n) is 8.76. The summed E-state index contributed by atoms with van der Waals surface area (Å²) in [7, 11) is 0. The van der Waals surface area contributed by atoms with E-state index in [0.717, 1.165) is 16.9 Å². The van der Waals surface area contributed by atoms with E-state index >= 15 is 0 Å². The largest absolute Gasteiger partial charge is 0.493 e. The Morgan fingerprint density at radius 3 is 2.74 bits per heavy atom. The molecule has 1 amide bonds. The molecule has 0 radical (unpaired) electrons. The average molecular weight is 382 g/mol. The molecule has 27 heavy (non-hydrogen) atoms. The number of nitrogens with zero attached hydrogens (tertiary/aromatic N) is 2. The molecule has 0 saturated heterocycles. The molecule has 0 unspecified atom stereocenters. The summed E-state index contributed by atoms with van der Waals surface area (Å²) in [4.78, 5) is 16.3. The van der Waals surface area contributed by atoms with Crippen LogP contribution < -0.4 is 15.6 Å². The minimum absolute atomic E-state index is 0.115. The van der Waals surface area contributed by atoms with Gasteiger partial charge in [0.15, 0.2) is 5.82 Å². The SMILES string of the molecule is Cc1ccc(OCCCC(=O)NNc2nc(-c3ccccc3)ns2)c(C)c1. The zero-order valence-corrected chi connectivity index (χ0v) is 16.2. The van der Waals surface area contributed by atoms with Gasteiger partial charge in [-0.3, -0.25) is 15.6 Å². The van der Waals surface area contributed by atoms with Crippen LogP contribution in [0.3, 0.4) is 0 Å². The van der Waals surface area contributed by atoms with E-state index in [9.17, 15) is 4.79 Å². The van der Waals surface area contributed by atoms with Crippen LogP contribution >= 0.6 is 11.5 Å². The van der Waals surface area contributed by atoms with Gasteiger partial charge < -0.3 is 4.74 Å². The number of ether oxygens (including phenoxy) is 1. The monoisotopic (exact) mass is 382 g/mol. The number of benzene rings is 2. The maximum Gasteiger partial charge on any atom is 0.238 e. The van der Waals surface area contributed by atoms with Crippen molar-refractivity contribution in [3.8, 4) is 17.1 Å². The predicted molar refractivity (Wildman–Crippen MR) is 108 cm³/mol. The van der Waals surface area contributed by atoms with Gasteiger partial charge in [0.2, 0.25) is 11.0 Å². The summed E-state index contributed by atoms with van der Waals surface area (Å²) in [6.07, 6.45) is 0.995. The van der Waals surface area contributed by atoms with E-state index in [1.807, 2.05) is 49.4 Å². The van der Waals surface area contributed by atoms with Gasteiger partial charge in [0.05, 0.1) is 6.61 Å². The Morgan fingerprint density at radius 2 is 1.96 bits per heavy atom. The molecule has 3 aromatic rings. The predicted octanol–water partition coefficient (Wildman–Crippen LogP) is 4.12. The Labute approximate surface area is 162 Å². The van der Waals surface area contributed by atoms with Gasteiger partial charge in [-0.25, -0.2) is 0 Å². The van der Waals surface area contributed by atoms with Gasteiger partial charge in [0.1, 0.15) is 5.75 Å². The number of carbonyl (C=O) groups excluding carboxylic acids is 1. The highest BCUT2D eigenvalue weighted by molar-refractivity contribution is 7.09. The van der Waals surface area contributed by atoms with Crippen molar-refractivity contribution in [1.29, 1.82) is 0 Å². The van der Waals surface area contributed by atoms with Crippen LogP contribution in [-0.2, 0) is 4.79 Å². The lowest BCUT2D eigenvalue weighted by Gasteiger charge is -2.10. The molecule has 0 aliphatic rings. The zero-order chi connectivity index (χ0) is 19.1. The van der Waals surface area contributed by atoms with E-state index in [-0.39, 0.29) is 5.91 Å². The third kappa shape index (κ3) is 5.52. The molecule has 2 aromatic carbocycles. The maximum atomic E-state index is 11.9. The van der Waals surface area contributed by atoms with Crippen LogP contribution in [0.1, 0.15) is 24.0 Å². The molecule has 140 valence electrons. The number of aryl methyl sites for hydroxylation is 2. The molecule has 0 fully saturated rings. The normalized spacial score (nSPS) is 10.4. The first-order chi connectivity index (χ1) is 13.1. The first-order valence-corrected chi connectivity index (χ1v) is 9.53. The third-order valence-corrected chi connectivity index (χ3v) is 4.53. The number of hydrazine groups is 1. The summed E-state index contributed by atoms with van der Waals surface area (Å²) in [6, 6.07) is 15.8. The van der Waals surface area contributed by atoms with E-state index in [0.29, 0.717) is 30.4 Å². The molecule has 3 rings (SSSR count). The molecule has 6 nitrogen and oxygen atoms in total. The van der Waals surface area contributed by atoms with Crippen LogP contribution in [0.25, 0.3) is 11.4 Å². The fraction of sp³-hybridized carbons (Fsp3) is 0.250. The Bertz CT molecular complexity index is 896. The number of nitrogens with one attached hydrogen (secondary N) is 2. The number of anilines is 1. The van der Waals surface area contributed by atoms with Crippen LogP contribution in [0.5, 0.6) is 5.75 Å². The highest BCUT2D eigenvalue weighted by Gasteiger charge is 2.07. The summed E-state index contributed by atoms with van der Waals surface area (Å²) < 4.78 is 10.0. The minimum Gasteiger partial charge on any atom is -0.493 e. The van der Waals surface area contributed by atoms with Gasteiger partial charge in [0.25, 0.3) is 0 Å². The fourth-order valence-electron chi connectivity index (χ4n) is 2.54. The molecule has 0 aliphatic carbocycles. The lowest BCUT2D eigenvalue weighted by Crippen LogP contribution is -2.29. The van der Waals surface area contributed by atoms with Crippen molar-refractivity contribution in [3.05, 3.63) is 59.7 Å². The molecule has 0 spiro atoms. The van der Waals surface area contributed by atoms with Gasteiger partial charge >= 0.3 is 0 Å². The standard InChI is InChI=1S/C20H22N4O2S/c1-14-10-11-17(15(2)13-14)26-12-6-9-18(25)22-23-20-21-19(24-27-20)16-7-4-3-5-8-16/h3-5,7-8,10-11,13H,6,9,12H2,1-2H3,(H,22,25)(H,21,23,24). The van der Waals surface area contributed by atoms with Crippen LogP contribution in [0.2, 0.25) is 0 Å². The van der Waals surface area contributed by atoms with Gasteiger partial charge in [-0.15, -0.1) is 0 Å². The summed E-state index contributed by atoms with van der Waals surface area (Å²) in [6.45, 7) is 4.56. The second-order valence-corrected chi connectivity index (χ2v) is 6.94. The minimum atomic E-state index is -0.115. The van der Waals surface area contributed by atoms with Crippen LogP contribution in [-0.4, -0.2) is 21.9 Å². The van der Waals surface area contributed by atoms with Crippen molar-refractivity contribution in [3.63, 3.8) is 0 Å². The van der Waals surface area contributed by atoms with Gasteiger partial charge in [-0.2, -0.15) is 9.36 Å². The van der Waals surface area contributed by atoms with Crippen molar-refractivity contribution in [2.45, 2.75) is 26.7 Å². The van der Waals surface area contributed by atoms with Crippen molar-refractivity contribution in [2.24, 2.45) is 0 Å². The number of hydrogen-bond donors (Lipinski definition) is 2. The Balaban J connectivity index is 1.38. The number of amides is 1. The van der Waals surface area contributed by atoms with E-state index in [1.165, 1.54) is 17.1 Å². The highest BCUT2D eigenvalue weighted by atomic mass is 32.1. The summed E-state index contributed by atoms with van der Waals surface area (Å²) in [5.41, 5.74) is 8.71. The highest BCUT2D eigenvalue weighted by Crippen LogP contribution is 2.20. The smallest absolute Gasteiger partial charge is 0.238 e. The average Bonchev–Trinajstić information content (AvgIpc) is 3.15. The van der Waals surface area contributed by atoms with Crippen LogP contribution in [0.15, 0.2) is 48.5 Å². The van der Waals surface area contributed by atoms with Gasteiger partial charge in [-0.05, 0) is 31.9 Å². The first kappa shape index (κ1) is 18.8. The number of carbonyl (C=O) groups is 1. The number of aromatic nitrogens is 2. The Morgan fingerprint density at radius 1 is 1.15 bits per heavy atom. The fourth-order valence-corrected chi connectivity index (χ4v) is 3.08. The van der Waals surface area contributed by atoms with Crippen molar-refractivity contribution >= 4 is 22.6 Å². The molecular formula is C20H22N4O2S. The lowest BCUT2D eigenvalue weighted by molar-refractivity contribution is -0.120. The summed E-state index contributed by atoms with van der Waals surface area (Å²) >= 11 is 1.20. The quantitative estimate of drug-likeness (QED) is 0.453. The number of hydrogen-bond acceptors (Lipinski definition) is 6. The van der Waals surface area contributed by atoms with E-state index in [2.05, 4.69) is 33.2 Å². The van der Waals surface area contributed by atoms with E-state index < -0.39 is 0 Å². The number of rotatable bonds is 8. The second-order valence-electron chi connectivity index (χ2n) is 6.18. The molecule has 0 aliphatic heterocycles. The van der Waals surface area contributed by atoms with Crippen LogP contribution in [0.4, 0.5) is 5.13 Å². The molecule has 1 aromatic heterocycles. The molecule has 0 bridgehead atoms. The van der Waals surface area contributed by atoms with Gasteiger partial charge in [0, 0.05) is 23.5 Å². The lowest BCUT2D eigenvalue weighted by atomic mass is 10.1. The molecule has 0 atom stereocenters. The van der Waals surface area contributed by atoms with Gasteiger partial charge in [-0.1, -0.05) is 48.0 Å². The molecule has 0 saturated carbocycles.